The summed E-state index contributed by atoms with van der Waals surface area (Å²) < 4.78 is 39.6. The van der Waals surface area contributed by atoms with E-state index in [2.05, 4.69) is 15.4 Å². The minimum Gasteiger partial charge on any atom is -0.481 e. The molecule has 0 aromatic rings. The largest absolute Gasteiger partial charge is 0.481 e. The molecule has 6 nitrogen and oxygen atoms in total. The summed E-state index contributed by atoms with van der Waals surface area (Å²) in [4.78, 5) is 22.3. The fraction of sp³-hybridized carbons (Fsp3) is 0.833. The molecule has 0 saturated heterocycles. The van der Waals surface area contributed by atoms with Gasteiger partial charge in [0.05, 0.1) is 12.5 Å². The van der Waals surface area contributed by atoms with Gasteiger partial charge in [-0.05, 0) is 12.3 Å². The zero-order valence-corrected chi connectivity index (χ0v) is 12.0. The molecule has 124 valence electrons. The van der Waals surface area contributed by atoms with Crippen LogP contribution in [0.3, 0.4) is 0 Å². The zero-order valence-electron chi connectivity index (χ0n) is 12.0. The van der Waals surface area contributed by atoms with E-state index >= 15 is 0 Å². The summed E-state index contributed by atoms with van der Waals surface area (Å²) in [7, 11) is 0. The molecule has 0 aliphatic carbocycles. The molecule has 0 heterocycles. The minimum absolute atomic E-state index is 0.0389. The number of rotatable bonds is 9. The van der Waals surface area contributed by atoms with Crippen LogP contribution in [-0.4, -0.2) is 49.6 Å². The number of halogens is 3. The molecule has 9 heteroatoms. The summed E-state index contributed by atoms with van der Waals surface area (Å²) in [6, 6.07) is -0.638. The van der Waals surface area contributed by atoms with Gasteiger partial charge in [0, 0.05) is 13.1 Å². The zero-order chi connectivity index (χ0) is 16.5. The van der Waals surface area contributed by atoms with Gasteiger partial charge in [-0.3, -0.25) is 4.79 Å². The Morgan fingerprint density at radius 3 is 2.33 bits per heavy atom. The van der Waals surface area contributed by atoms with E-state index in [4.69, 9.17) is 5.11 Å². The molecule has 0 rings (SSSR count). The van der Waals surface area contributed by atoms with Gasteiger partial charge in [-0.15, -0.1) is 0 Å². The van der Waals surface area contributed by atoms with Crippen molar-refractivity contribution in [3.05, 3.63) is 0 Å². The molecule has 0 spiro atoms. The van der Waals surface area contributed by atoms with Gasteiger partial charge in [-0.25, -0.2) is 4.79 Å². The molecule has 21 heavy (non-hydrogen) atoms. The Balaban J connectivity index is 3.81. The van der Waals surface area contributed by atoms with E-state index in [-0.39, 0.29) is 25.6 Å². The smallest absolute Gasteiger partial charge is 0.411 e. The third-order valence-corrected chi connectivity index (χ3v) is 2.41. The molecule has 0 radical (unpaired) electrons. The highest BCUT2D eigenvalue weighted by atomic mass is 19.4. The van der Waals surface area contributed by atoms with Crippen molar-refractivity contribution in [3.8, 4) is 0 Å². The summed E-state index contributed by atoms with van der Waals surface area (Å²) >= 11 is 0. The Morgan fingerprint density at radius 2 is 1.86 bits per heavy atom. The van der Waals surface area contributed by atoms with Crippen LogP contribution in [0.2, 0.25) is 0 Å². The molecular formula is C12H21F3N2O4. The van der Waals surface area contributed by atoms with Crippen LogP contribution in [0.25, 0.3) is 0 Å². The number of hydrogen-bond acceptors (Lipinski definition) is 3. The van der Waals surface area contributed by atoms with Gasteiger partial charge >= 0.3 is 18.2 Å². The molecule has 0 bridgehead atoms. The maximum Gasteiger partial charge on any atom is 0.411 e. The van der Waals surface area contributed by atoms with Crippen molar-refractivity contribution in [2.24, 2.45) is 11.8 Å². The van der Waals surface area contributed by atoms with E-state index in [1.807, 2.05) is 13.8 Å². The first-order valence-electron chi connectivity index (χ1n) is 6.50. The number of hydrogen-bond donors (Lipinski definition) is 3. The van der Waals surface area contributed by atoms with Gasteiger partial charge in [0.15, 0.2) is 0 Å². The molecule has 0 aromatic heterocycles. The molecule has 0 aromatic carbocycles. The molecule has 0 aliphatic rings. The number of urea groups is 1. The second-order valence-corrected chi connectivity index (χ2v) is 4.97. The summed E-state index contributed by atoms with van der Waals surface area (Å²) in [5.41, 5.74) is 0. The van der Waals surface area contributed by atoms with Crippen LogP contribution in [-0.2, 0) is 9.53 Å². The number of carbonyl (C=O) groups is 2. The average Bonchev–Trinajstić information content (AvgIpc) is 2.31. The fourth-order valence-electron chi connectivity index (χ4n) is 1.54. The standard InChI is InChI=1S/C12H21F3N2O4/c1-8(2)5-9(10(18)19)6-17-11(20)16-3-4-21-7-12(13,14)15/h8-9H,3-7H2,1-2H3,(H,18,19)(H2,16,17,20). The quantitative estimate of drug-likeness (QED) is 0.564. The lowest BCUT2D eigenvalue weighted by molar-refractivity contribution is -0.173. The highest BCUT2D eigenvalue weighted by molar-refractivity contribution is 5.75. The van der Waals surface area contributed by atoms with E-state index in [0.29, 0.717) is 6.42 Å². The highest BCUT2D eigenvalue weighted by Gasteiger charge is 2.27. The number of carboxylic acids is 1. The normalized spacial score (nSPS) is 13.0. The molecule has 1 unspecified atom stereocenters. The van der Waals surface area contributed by atoms with Gasteiger partial charge in [0.2, 0.25) is 0 Å². The summed E-state index contributed by atoms with van der Waals surface area (Å²) in [5.74, 6) is -1.53. The Labute approximate surface area is 121 Å². The third-order valence-electron chi connectivity index (χ3n) is 2.41. The molecular weight excluding hydrogens is 293 g/mol. The number of carbonyl (C=O) groups excluding carboxylic acids is 1. The van der Waals surface area contributed by atoms with Crippen LogP contribution < -0.4 is 10.6 Å². The fourth-order valence-corrected chi connectivity index (χ4v) is 1.54. The van der Waals surface area contributed by atoms with E-state index in [0.717, 1.165) is 0 Å². The van der Waals surface area contributed by atoms with Crippen LogP contribution in [0.5, 0.6) is 0 Å². The van der Waals surface area contributed by atoms with Crippen molar-refractivity contribution < 1.29 is 32.6 Å². The van der Waals surface area contributed by atoms with E-state index < -0.39 is 30.7 Å². The Morgan fingerprint density at radius 1 is 1.24 bits per heavy atom. The predicted octanol–water partition coefficient (Wildman–Crippen LogP) is 1.61. The monoisotopic (exact) mass is 314 g/mol. The molecule has 2 amide bonds. The van der Waals surface area contributed by atoms with Crippen molar-refractivity contribution in [1.29, 1.82) is 0 Å². The maximum atomic E-state index is 11.8. The number of aliphatic carboxylic acids is 1. The van der Waals surface area contributed by atoms with Gasteiger partial charge in [0.1, 0.15) is 6.61 Å². The van der Waals surface area contributed by atoms with Crippen molar-refractivity contribution in [1.82, 2.24) is 10.6 Å². The lowest BCUT2D eigenvalue weighted by Crippen LogP contribution is -2.41. The average molecular weight is 314 g/mol. The number of nitrogens with one attached hydrogen (secondary N) is 2. The van der Waals surface area contributed by atoms with Gasteiger partial charge < -0.3 is 20.5 Å². The summed E-state index contributed by atoms with van der Waals surface area (Å²) in [6.07, 6.45) is -3.97. The minimum atomic E-state index is -4.40. The van der Waals surface area contributed by atoms with Gasteiger partial charge in [0.25, 0.3) is 0 Å². The van der Waals surface area contributed by atoms with Crippen molar-refractivity contribution in [2.45, 2.75) is 26.4 Å². The van der Waals surface area contributed by atoms with E-state index in [1.165, 1.54) is 0 Å². The van der Waals surface area contributed by atoms with Crippen LogP contribution in [0.4, 0.5) is 18.0 Å². The highest BCUT2D eigenvalue weighted by Crippen LogP contribution is 2.14. The molecule has 1 atom stereocenters. The second kappa shape index (κ2) is 9.43. The first-order chi connectivity index (χ1) is 9.61. The summed E-state index contributed by atoms with van der Waals surface area (Å²) in [6.45, 7) is 1.96. The first kappa shape index (κ1) is 19.5. The van der Waals surface area contributed by atoms with Gasteiger partial charge in [-0.1, -0.05) is 13.8 Å². The Bertz CT molecular complexity index is 335. The van der Waals surface area contributed by atoms with Crippen LogP contribution >= 0.6 is 0 Å². The predicted molar refractivity (Wildman–Crippen MR) is 68.9 cm³/mol. The van der Waals surface area contributed by atoms with Crippen LogP contribution in [0.15, 0.2) is 0 Å². The number of amides is 2. The second-order valence-electron chi connectivity index (χ2n) is 4.97. The molecule has 0 fully saturated rings. The third kappa shape index (κ3) is 12.0. The Kier molecular flexibility index (Phi) is 8.75. The van der Waals surface area contributed by atoms with E-state index in [9.17, 15) is 22.8 Å². The number of carboxylic acid groups (broad SMARTS) is 1. The van der Waals surface area contributed by atoms with Gasteiger partial charge in [-0.2, -0.15) is 13.2 Å². The first-order valence-corrected chi connectivity index (χ1v) is 6.50. The Hall–Kier alpha value is -1.51. The number of alkyl halides is 3. The van der Waals surface area contributed by atoms with Crippen LogP contribution in [0.1, 0.15) is 20.3 Å². The topological polar surface area (TPSA) is 87.7 Å². The molecule has 3 N–H and O–H groups in total. The lowest BCUT2D eigenvalue weighted by Gasteiger charge is -2.15. The summed E-state index contributed by atoms with van der Waals surface area (Å²) in [5, 5.41) is 13.6. The van der Waals surface area contributed by atoms with Crippen molar-refractivity contribution >= 4 is 12.0 Å². The maximum absolute atomic E-state index is 11.8. The van der Waals surface area contributed by atoms with Crippen molar-refractivity contribution in [3.63, 3.8) is 0 Å². The van der Waals surface area contributed by atoms with Crippen molar-refractivity contribution in [2.75, 3.05) is 26.3 Å². The number of ether oxygens (including phenoxy) is 1. The molecule has 0 aliphatic heterocycles. The van der Waals surface area contributed by atoms with Crippen LogP contribution in [0, 0.1) is 11.8 Å². The van der Waals surface area contributed by atoms with E-state index in [1.54, 1.807) is 0 Å². The lowest BCUT2D eigenvalue weighted by atomic mass is 9.97. The molecule has 0 saturated carbocycles. The SMILES string of the molecule is CC(C)CC(CNC(=O)NCCOCC(F)(F)F)C(=O)O.